The summed E-state index contributed by atoms with van der Waals surface area (Å²) in [6.07, 6.45) is 0. The Balaban J connectivity index is 1.57. The van der Waals surface area contributed by atoms with Gasteiger partial charge in [-0.25, -0.2) is 4.79 Å². The highest BCUT2D eigenvalue weighted by atomic mass is 79.9. The Kier molecular flexibility index (Phi) is 4.12. The van der Waals surface area contributed by atoms with Crippen molar-refractivity contribution in [3.05, 3.63) is 57.7 Å². The van der Waals surface area contributed by atoms with Crippen LogP contribution in [0.15, 0.2) is 50.8 Å². The van der Waals surface area contributed by atoms with Crippen LogP contribution in [-0.2, 0) is 16.9 Å². The Morgan fingerprint density at radius 1 is 1.31 bits per heavy atom. The Bertz CT molecular complexity index is 987. The van der Waals surface area contributed by atoms with Crippen LogP contribution in [0, 0.1) is 0 Å². The Morgan fingerprint density at radius 3 is 2.77 bits per heavy atom. The average Bonchev–Trinajstić information content (AvgIpc) is 3.32. The number of rotatable bonds is 4. The average molecular weight is 433 g/mol. The van der Waals surface area contributed by atoms with Gasteiger partial charge in [-0.2, -0.15) is 4.98 Å². The van der Waals surface area contributed by atoms with Gasteiger partial charge in [-0.05, 0) is 34.5 Å². The zero-order valence-electron chi connectivity index (χ0n) is 13.6. The van der Waals surface area contributed by atoms with E-state index in [9.17, 15) is 9.59 Å². The number of benzene rings is 1. The maximum absolute atomic E-state index is 12.9. The van der Waals surface area contributed by atoms with Crippen molar-refractivity contribution in [3.8, 4) is 10.7 Å². The van der Waals surface area contributed by atoms with Crippen LogP contribution in [0.25, 0.3) is 10.7 Å². The lowest BCUT2D eigenvalue weighted by Gasteiger charge is -2.21. The molecule has 1 unspecified atom stereocenters. The topological polar surface area (TPSA) is 88.3 Å². The largest absolute Gasteiger partial charge is 0.337 e. The summed E-state index contributed by atoms with van der Waals surface area (Å²) in [6.45, 7) is 1.61. The van der Waals surface area contributed by atoms with Crippen molar-refractivity contribution >= 4 is 39.2 Å². The molecule has 9 heteroatoms. The first-order valence-corrected chi connectivity index (χ1v) is 9.41. The van der Waals surface area contributed by atoms with E-state index in [4.69, 9.17) is 4.52 Å². The highest BCUT2D eigenvalue weighted by Gasteiger charge is 2.49. The monoisotopic (exact) mass is 432 g/mol. The SMILES string of the molecule is CC1(c2ccccc2)NC(=O)N(Cc2nc(-c3cc(Br)cs3)no2)C1=O. The van der Waals surface area contributed by atoms with E-state index in [-0.39, 0.29) is 18.3 Å². The fourth-order valence-electron chi connectivity index (χ4n) is 2.79. The van der Waals surface area contributed by atoms with Crippen LogP contribution in [0.1, 0.15) is 18.4 Å². The van der Waals surface area contributed by atoms with Gasteiger partial charge in [0.15, 0.2) is 0 Å². The molecule has 3 aromatic rings. The van der Waals surface area contributed by atoms with Gasteiger partial charge >= 0.3 is 6.03 Å². The molecule has 1 aliphatic heterocycles. The van der Waals surface area contributed by atoms with Crippen LogP contribution in [0.4, 0.5) is 4.79 Å². The van der Waals surface area contributed by atoms with Gasteiger partial charge in [0.2, 0.25) is 11.7 Å². The lowest BCUT2D eigenvalue weighted by atomic mass is 9.92. The van der Waals surface area contributed by atoms with Crippen molar-refractivity contribution in [2.45, 2.75) is 19.0 Å². The summed E-state index contributed by atoms with van der Waals surface area (Å²) in [7, 11) is 0. The second kappa shape index (κ2) is 6.33. The Labute approximate surface area is 161 Å². The standard InChI is InChI=1S/C17H13BrN4O3S/c1-17(10-5-3-2-4-6-10)15(23)22(16(24)20-17)8-13-19-14(21-25-13)12-7-11(18)9-26-12/h2-7,9H,8H2,1H3,(H,20,24). The first-order valence-electron chi connectivity index (χ1n) is 7.74. The van der Waals surface area contributed by atoms with Crippen LogP contribution in [0.2, 0.25) is 0 Å². The first-order chi connectivity index (χ1) is 12.5. The molecule has 0 spiro atoms. The van der Waals surface area contributed by atoms with Gasteiger partial charge in [0.05, 0.1) is 4.88 Å². The van der Waals surface area contributed by atoms with Crippen LogP contribution in [0.3, 0.4) is 0 Å². The molecule has 3 heterocycles. The number of hydrogen-bond donors (Lipinski definition) is 1. The van der Waals surface area contributed by atoms with Gasteiger partial charge in [0.1, 0.15) is 12.1 Å². The van der Waals surface area contributed by atoms with Crippen molar-refractivity contribution in [2.75, 3.05) is 0 Å². The summed E-state index contributed by atoms with van der Waals surface area (Å²) < 4.78 is 6.14. The minimum atomic E-state index is -1.11. The molecule has 0 radical (unpaired) electrons. The smallest absolute Gasteiger partial charge is 0.325 e. The maximum Gasteiger partial charge on any atom is 0.325 e. The molecular formula is C17H13BrN4O3S. The molecule has 4 rings (SSSR count). The molecule has 26 heavy (non-hydrogen) atoms. The number of amides is 3. The molecule has 1 fully saturated rings. The third kappa shape index (κ3) is 2.82. The number of thiophene rings is 1. The summed E-state index contributed by atoms with van der Waals surface area (Å²) in [4.78, 5) is 31.4. The van der Waals surface area contributed by atoms with Crippen LogP contribution < -0.4 is 5.32 Å². The number of aromatic nitrogens is 2. The summed E-state index contributed by atoms with van der Waals surface area (Å²) in [5.74, 6) is 0.270. The van der Waals surface area contributed by atoms with Crippen molar-refractivity contribution in [1.82, 2.24) is 20.4 Å². The Morgan fingerprint density at radius 2 is 2.08 bits per heavy atom. The molecular weight excluding hydrogens is 420 g/mol. The van der Waals surface area contributed by atoms with Crippen molar-refractivity contribution in [3.63, 3.8) is 0 Å². The van der Waals surface area contributed by atoms with E-state index in [2.05, 4.69) is 31.4 Å². The van der Waals surface area contributed by atoms with Gasteiger partial charge in [0, 0.05) is 9.85 Å². The van der Waals surface area contributed by atoms with E-state index in [1.54, 1.807) is 19.1 Å². The molecule has 1 N–H and O–H groups in total. The fraction of sp³-hybridized carbons (Fsp3) is 0.176. The third-order valence-corrected chi connectivity index (χ3v) is 5.86. The van der Waals surface area contributed by atoms with Crippen molar-refractivity contribution in [2.24, 2.45) is 0 Å². The van der Waals surface area contributed by atoms with Crippen molar-refractivity contribution in [1.29, 1.82) is 0 Å². The number of urea groups is 1. The van der Waals surface area contributed by atoms with Gasteiger partial charge in [-0.3, -0.25) is 9.69 Å². The highest BCUT2D eigenvalue weighted by Crippen LogP contribution is 2.31. The summed E-state index contributed by atoms with van der Waals surface area (Å²) in [6, 6.07) is 10.5. The Hall–Kier alpha value is -2.52. The summed E-state index contributed by atoms with van der Waals surface area (Å²) in [5, 5.41) is 8.58. The lowest BCUT2D eigenvalue weighted by Crippen LogP contribution is -2.40. The number of carbonyl (C=O) groups excluding carboxylic acids is 2. The molecule has 2 aromatic heterocycles. The molecule has 1 saturated heterocycles. The van der Waals surface area contributed by atoms with Crippen LogP contribution >= 0.6 is 27.3 Å². The maximum atomic E-state index is 12.9. The quantitative estimate of drug-likeness (QED) is 0.636. The summed E-state index contributed by atoms with van der Waals surface area (Å²) in [5.41, 5.74) is -0.393. The van der Waals surface area contributed by atoms with E-state index in [1.807, 2.05) is 29.6 Å². The van der Waals surface area contributed by atoms with E-state index in [1.165, 1.54) is 11.3 Å². The van der Waals surface area contributed by atoms with Crippen molar-refractivity contribution < 1.29 is 14.1 Å². The first kappa shape index (κ1) is 16.9. The molecule has 0 aliphatic carbocycles. The normalized spacial score (nSPS) is 19.8. The molecule has 0 saturated carbocycles. The van der Waals surface area contributed by atoms with E-state index >= 15 is 0 Å². The molecule has 3 amide bonds. The molecule has 1 aliphatic rings. The van der Waals surface area contributed by atoms with E-state index < -0.39 is 11.6 Å². The summed E-state index contributed by atoms with van der Waals surface area (Å²) >= 11 is 4.84. The van der Waals surface area contributed by atoms with E-state index in [0.717, 1.165) is 19.8 Å². The molecule has 132 valence electrons. The zero-order valence-corrected chi connectivity index (χ0v) is 16.0. The lowest BCUT2D eigenvalue weighted by molar-refractivity contribution is -0.131. The fourth-order valence-corrected chi connectivity index (χ4v) is 4.14. The van der Waals surface area contributed by atoms with Gasteiger partial charge in [0.25, 0.3) is 5.91 Å². The van der Waals surface area contributed by atoms with Gasteiger partial charge in [-0.15, -0.1) is 11.3 Å². The molecule has 1 atom stereocenters. The highest BCUT2D eigenvalue weighted by molar-refractivity contribution is 9.10. The second-order valence-corrected chi connectivity index (χ2v) is 7.78. The van der Waals surface area contributed by atoms with E-state index in [0.29, 0.717) is 5.82 Å². The third-order valence-electron chi connectivity index (χ3n) is 4.18. The predicted molar refractivity (Wildman–Crippen MR) is 98.2 cm³/mol. The number of nitrogens with one attached hydrogen (secondary N) is 1. The van der Waals surface area contributed by atoms with Crippen LogP contribution in [-0.4, -0.2) is 27.0 Å². The number of nitrogens with zero attached hydrogens (tertiary/aromatic N) is 3. The second-order valence-electron chi connectivity index (χ2n) is 5.95. The molecule has 0 bridgehead atoms. The van der Waals surface area contributed by atoms with Gasteiger partial charge in [-0.1, -0.05) is 35.5 Å². The number of imide groups is 1. The number of carbonyl (C=O) groups is 2. The number of hydrogen-bond acceptors (Lipinski definition) is 6. The molecule has 7 nitrogen and oxygen atoms in total. The molecule has 1 aromatic carbocycles. The number of halogens is 1. The minimum absolute atomic E-state index is 0.0768. The predicted octanol–water partition coefficient (Wildman–Crippen LogP) is 3.53. The zero-order chi connectivity index (χ0) is 18.3. The van der Waals surface area contributed by atoms with Gasteiger partial charge < -0.3 is 9.84 Å². The minimum Gasteiger partial charge on any atom is -0.337 e. The van der Waals surface area contributed by atoms with Crippen LogP contribution in [0.5, 0.6) is 0 Å².